The summed E-state index contributed by atoms with van der Waals surface area (Å²) in [7, 11) is 0. The van der Waals surface area contributed by atoms with Crippen molar-refractivity contribution < 1.29 is 10.2 Å². The van der Waals surface area contributed by atoms with E-state index in [0.717, 1.165) is 23.3 Å². The first kappa shape index (κ1) is 19.4. The number of aromatic hydroxyl groups is 1. The molecule has 0 aliphatic heterocycles. The Balaban J connectivity index is 3.18. The molecule has 0 unspecified atom stereocenters. The highest BCUT2D eigenvalue weighted by atomic mass is 32.2. The minimum absolute atomic E-state index is 0.0859. The van der Waals surface area contributed by atoms with Gasteiger partial charge in [-0.2, -0.15) is 0 Å². The van der Waals surface area contributed by atoms with Gasteiger partial charge in [0.1, 0.15) is 5.75 Å². The second kappa shape index (κ2) is 7.27. The number of benzene rings is 1. The molecule has 2 nitrogen and oxygen atoms in total. The van der Waals surface area contributed by atoms with Crippen LogP contribution in [-0.4, -0.2) is 22.6 Å². The molecular weight excluding hydrogens is 292 g/mol. The maximum Gasteiger partial charge on any atom is 0.123 e. The summed E-state index contributed by atoms with van der Waals surface area (Å²) in [6.45, 7) is 15.2. The molecule has 0 saturated carbocycles. The van der Waals surface area contributed by atoms with E-state index < -0.39 is 0 Å². The Labute approximate surface area is 140 Å². The third-order valence-electron chi connectivity index (χ3n) is 3.86. The molecule has 1 aromatic carbocycles. The van der Waals surface area contributed by atoms with Crippen molar-refractivity contribution >= 4 is 11.8 Å². The van der Waals surface area contributed by atoms with Crippen LogP contribution in [0, 0.1) is 5.92 Å². The van der Waals surface area contributed by atoms with Crippen molar-refractivity contribution in [3.05, 3.63) is 23.3 Å². The number of thioether (sulfide) groups is 1. The van der Waals surface area contributed by atoms with E-state index in [9.17, 15) is 5.11 Å². The average Bonchev–Trinajstić information content (AvgIpc) is 2.35. The predicted octanol–water partition coefficient (Wildman–Crippen LogP) is 5.10. The molecule has 0 spiro atoms. The van der Waals surface area contributed by atoms with Crippen LogP contribution < -0.4 is 0 Å². The summed E-state index contributed by atoms with van der Waals surface area (Å²) in [5.41, 5.74) is 1.85. The monoisotopic (exact) mass is 324 g/mol. The van der Waals surface area contributed by atoms with Crippen LogP contribution in [0.2, 0.25) is 0 Å². The van der Waals surface area contributed by atoms with Crippen LogP contribution in [0.1, 0.15) is 66.0 Å². The van der Waals surface area contributed by atoms with E-state index in [1.165, 1.54) is 4.90 Å². The van der Waals surface area contributed by atoms with Crippen LogP contribution in [0.15, 0.2) is 17.0 Å². The average molecular weight is 325 g/mol. The molecule has 3 heteroatoms. The molecule has 1 atom stereocenters. The quantitative estimate of drug-likeness (QED) is 0.740. The van der Waals surface area contributed by atoms with Crippen LogP contribution >= 0.6 is 11.8 Å². The van der Waals surface area contributed by atoms with Gasteiger partial charge in [-0.1, -0.05) is 48.5 Å². The Morgan fingerprint density at radius 2 is 1.45 bits per heavy atom. The maximum absolute atomic E-state index is 10.7. The lowest BCUT2D eigenvalue weighted by Crippen LogP contribution is -2.17. The zero-order valence-corrected chi connectivity index (χ0v) is 16.0. The van der Waals surface area contributed by atoms with E-state index >= 15 is 0 Å². The van der Waals surface area contributed by atoms with Crippen molar-refractivity contribution in [1.29, 1.82) is 0 Å². The number of hydrogen-bond donors (Lipinski definition) is 2. The van der Waals surface area contributed by atoms with Crippen LogP contribution in [-0.2, 0) is 10.8 Å². The zero-order valence-electron chi connectivity index (χ0n) is 15.2. The van der Waals surface area contributed by atoms with Crippen molar-refractivity contribution in [2.45, 2.75) is 70.6 Å². The number of phenolic OH excluding ortho intramolecular Hbond substituents is 1. The van der Waals surface area contributed by atoms with Gasteiger partial charge >= 0.3 is 0 Å². The fourth-order valence-electron chi connectivity index (χ4n) is 2.38. The molecule has 126 valence electrons. The second-order valence-corrected chi connectivity index (χ2v) is 9.39. The Hall–Kier alpha value is -0.670. The summed E-state index contributed by atoms with van der Waals surface area (Å²) in [5, 5.41) is 19.7. The number of rotatable bonds is 5. The summed E-state index contributed by atoms with van der Waals surface area (Å²) in [6.07, 6.45) is 0.837. The number of phenols is 1. The van der Waals surface area contributed by atoms with Gasteiger partial charge in [-0.05, 0) is 35.3 Å². The summed E-state index contributed by atoms with van der Waals surface area (Å²) in [6, 6.07) is 4.25. The van der Waals surface area contributed by atoms with Crippen molar-refractivity contribution in [2.24, 2.45) is 5.92 Å². The third-order valence-corrected chi connectivity index (χ3v) is 5.16. The summed E-state index contributed by atoms with van der Waals surface area (Å²) >= 11 is 1.82. The minimum atomic E-state index is -0.0859. The van der Waals surface area contributed by atoms with Crippen molar-refractivity contribution in [2.75, 3.05) is 12.4 Å². The van der Waals surface area contributed by atoms with Gasteiger partial charge in [0.05, 0.1) is 0 Å². The minimum Gasteiger partial charge on any atom is -0.507 e. The van der Waals surface area contributed by atoms with Gasteiger partial charge < -0.3 is 10.2 Å². The molecule has 0 bridgehead atoms. The highest BCUT2D eigenvalue weighted by molar-refractivity contribution is 7.99. The molecule has 0 heterocycles. The lowest BCUT2D eigenvalue weighted by Gasteiger charge is -2.28. The first-order chi connectivity index (χ1) is 9.96. The predicted molar refractivity (Wildman–Crippen MR) is 97.1 cm³/mol. The SMILES string of the molecule is C[C@H](CCO)CSc1cc(C(C)(C)C)c(O)c(C(C)(C)C)c1. The zero-order chi connectivity index (χ0) is 17.1. The number of hydrogen-bond acceptors (Lipinski definition) is 3. The maximum atomic E-state index is 10.7. The number of aliphatic hydroxyl groups excluding tert-OH is 1. The summed E-state index contributed by atoms with van der Waals surface area (Å²) < 4.78 is 0. The van der Waals surface area contributed by atoms with Crippen molar-refractivity contribution in [3.63, 3.8) is 0 Å². The smallest absolute Gasteiger partial charge is 0.123 e. The molecule has 0 aliphatic rings. The van der Waals surface area contributed by atoms with Crippen molar-refractivity contribution in [1.82, 2.24) is 0 Å². The molecule has 22 heavy (non-hydrogen) atoms. The standard InChI is InChI=1S/C19H32O2S/c1-13(8-9-20)12-22-14-10-15(18(2,3)4)17(21)16(11-14)19(5,6)7/h10-11,13,20-21H,8-9,12H2,1-7H3/t13-/m1/s1. The molecular formula is C19H32O2S. The van der Waals surface area contributed by atoms with Gasteiger partial charge in [0.25, 0.3) is 0 Å². The lowest BCUT2D eigenvalue weighted by atomic mass is 9.79. The molecule has 0 saturated heterocycles. The topological polar surface area (TPSA) is 40.5 Å². The summed E-state index contributed by atoms with van der Waals surface area (Å²) in [4.78, 5) is 1.21. The third kappa shape index (κ3) is 5.20. The molecule has 1 aromatic rings. The molecule has 2 N–H and O–H groups in total. The molecule has 1 rings (SSSR count). The number of aliphatic hydroxyl groups is 1. The highest BCUT2D eigenvalue weighted by Crippen LogP contribution is 2.42. The molecule has 0 aromatic heterocycles. The van der Waals surface area contributed by atoms with Crippen LogP contribution in [0.25, 0.3) is 0 Å². The fraction of sp³-hybridized carbons (Fsp3) is 0.684. The molecule has 0 amide bonds. The van der Waals surface area contributed by atoms with E-state index in [-0.39, 0.29) is 17.4 Å². The molecule has 0 radical (unpaired) electrons. The second-order valence-electron chi connectivity index (χ2n) is 8.30. The van der Waals surface area contributed by atoms with E-state index in [0.29, 0.717) is 11.7 Å². The van der Waals surface area contributed by atoms with Gasteiger partial charge in [-0.25, -0.2) is 0 Å². The van der Waals surface area contributed by atoms with Gasteiger partial charge in [0.15, 0.2) is 0 Å². The van der Waals surface area contributed by atoms with E-state index in [1.54, 1.807) is 0 Å². The Bertz CT molecular complexity index is 460. The highest BCUT2D eigenvalue weighted by Gasteiger charge is 2.26. The van der Waals surface area contributed by atoms with Crippen LogP contribution in [0.4, 0.5) is 0 Å². The van der Waals surface area contributed by atoms with Gasteiger partial charge in [0.2, 0.25) is 0 Å². The Kier molecular flexibility index (Phi) is 6.40. The Morgan fingerprint density at radius 3 is 1.82 bits per heavy atom. The van der Waals surface area contributed by atoms with Crippen molar-refractivity contribution in [3.8, 4) is 5.75 Å². The first-order valence-electron chi connectivity index (χ1n) is 8.08. The van der Waals surface area contributed by atoms with Gasteiger partial charge in [-0.15, -0.1) is 11.8 Å². The first-order valence-corrected chi connectivity index (χ1v) is 9.07. The van der Waals surface area contributed by atoms with Gasteiger partial charge in [-0.3, -0.25) is 0 Å². The summed E-state index contributed by atoms with van der Waals surface area (Å²) in [5.74, 6) is 1.91. The van der Waals surface area contributed by atoms with E-state index in [2.05, 4.69) is 60.6 Å². The van der Waals surface area contributed by atoms with Crippen LogP contribution in [0.3, 0.4) is 0 Å². The molecule has 0 fully saturated rings. The van der Waals surface area contributed by atoms with E-state index in [4.69, 9.17) is 5.11 Å². The lowest BCUT2D eigenvalue weighted by molar-refractivity contribution is 0.269. The largest absolute Gasteiger partial charge is 0.507 e. The Morgan fingerprint density at radius 1 is 1.00 bits per heavy atom. The van der Waals surface area contributed by atoms with E-state index in [1.807, 2.05) is 11.8 Å². The fourth-order valence-corrected chi connectivity index (χ4v) is 3.42. The van der Waals surface area contributed by atoms with Gasteiger partial charge in [0, 0.05) is 28.4 Å². The van der Waals surface area contributed by atoms with Crippen LogP contribution in [0.5, 0.6) is 5.75 Å². The normalized spacial score (nSPS) is 14.2. The molecule has 0 aliphatic carbocycles.